The Morgan fingerprint density at radius 2 is 2.29 bits per heavy atom. The molecule has 0 radical (unpaired) electrons. The summed E-state index contributed by atoms with van der Waals surface area (Å²) in [5.41, 5.74) is 1.00. The van der Waals surface area contributed by atoms with Crippen LogP contribution in [-0.2, 0) is 9.84 Å². The first-order valence-electron chi connectivity index (χ1n) is 5.48. The Kier molecular flexibility index (Phi) is 3.73. The molecule has 0 spiro atoms. The molecule has 6 heteroatoms. The van der Waals surface area contributed by atoms with Crippen LogP contribution in [0.3, 0.4) is 0 Å². The fourth-order valence-corrected chi connectivity index (χ4v) is 4.32. The summed E-state index contributed by atoms with van der Waals surface area (Å²) in [4.78, 5) is 6.16. The first kappa shape index (κ1) is 12.8. The van der Waals surface area contributed by atoms with Gasteiger partial charge in [0.05, 0.1) is 23.4 Å². The Morgan fingerprint density at radius 1 is 1.53 bits per heavy atom. The van der Waals surface area contributed by atoms with Crippen molar-refractivity contribution < 1.29 is 8.42 Å². The summed E-state index contributed by atoms with van der Waals surface area (Å²) < 4.78 is 23.7. The van der Waals surface area contributed by atoms with Gasteiger partial charge in [-0.1, -0.05) is 0 Å². The molecule has 1 aliphatic rings. The minimum Gasteiger partial charge on any atom is -0.373 e. The van der Waals surface area contributed by atoms with E-state index in [-0.39, 0.29) is 5.92 Å². The highest BCUT2D eigenvalue weighted by atomic mass is 79.9. The molecule has 1 fully saturated rings. The molecule has 17 heavy (non-hydrogen) atoms. The van der Waals surface area contributed by atoms with Crippen molar-refractivity contribution in [3.8, 4) is 0 Å². The molecule has 1 aliphatic heterocycles. The number of nitrogens with zero attached hydrogens (tertiary/aromatic N) is 2. The van der Waals surface area contributed by atoms with Gasteiger partial charge in [-0.15, -0.1) is 0 Å². The molecule has 2 rings (SSSR count). The maximum Gasteiger partial charge on any atom is 0.150 e. The molecule has 1 atom stereocenters. The number of pyridine rings is 1. The van der Waals surface area contributed by atoms with Crippen molar-refractivity contribution >= 4 is 31.5 Å². The fourth-order valence-electron chi connectivity index (χ4n) is 2.12. The summed E-state index contributed by atoms with van der Waals surface area (Å²) in [6, 6.07) is 1.98. The van der Waals surface area contributed by atoms with E-state index >= 15 is 0 Å². The van der Waals surface area contributed by atoms with Gasteiger partial charge in [0.2, 0.25) is 0 Å². The van der Waals surface area contributed by atoms with Gasteiger partial charge in [0, 0.05) is 24.3 Å². The van der Waals surface area contributed by atoms with Crippen LogP contribution in [0.5, 0.6) is 0 Å². The summed E-state index contributed by atoms with van der Waals surface area (Å²) >= 11 is 3.38. The van der Waals surface area contributed by atoms with Crippen molar-refractivity contribution in [2.75, 3.05) is 30.0 Å². The largest absolute Gasteiger partial charge is 0.373 e. The van der Waals surface area contributed by atoms with Crippen LogP contribution >= 0.6 is 15.9 Å². The minimum atomic E-state index is -2.78. The van der Waals surface area contributed by atoms with Crippen LogP contribution in [0.15, 0.2) is 22.9 Å². The highest BCUT2D eigenvalue weighted by Gasteiger charge is 2.28. The maximum absolute atomic E-state index is 11.4. The molecule has 4 nitrogen and oxygen atoms in total. The van der Waals surface area contributed by atoms with Crippen LogP contribution in [0.2, 0.25) is 0 Å². The lowest BCUT2D eigenvalue weighted by Gasteiger charge is -2.22. The van der Waals surface area contributed by atoms with Gasteiger partial charge >= 0.3 is 0 Å². The number of hydrogen-bond acceptors (Lipinski definition) is 4. The SMILES string of the molecule is CN(C[C@@H]1CCS(=O)(=O)C1)c1cncc(Br)c1. The van der Waals surface area contributed by atoms with E-state index in [1.165, 1.54) is 0 Å². The summed E-state index contributed by atoms with van der Waals surface area (Å²) in [5, 5.41) is 0. The quantitative estimate of drug-likeness (QED) is 0.851. The van der Waals surface area contributed by atoms with E-state index in [0.29, 0.717) is 11.5 Å². The molecule has 0 unspecified atom stereocenters. The molecule has 0 amide bonds. The maximum atomic E-state index is 11.4. The number of hydrogen-bond donors (Lipinski definition) is 0. The summed E-state index contributed by atoms with van der Waals surface area (Å²) in [6.45, 7) is 0.761. The highest BCUT2D eigenvalue weighted by Crippen LogP contribution is 2.23. The van der Waals surface area contributed by atoms with Crippen molar-refractivity contribution in [3.05, 3.63) is 22.9 Å². The van der Waals surface area contributed by atoms with E-state index in [1.807, 2.05) is 13.1 Å². The van der Waals surface area contributed by atoms with E-state index in [1.54, 1.807) is 12.4 Å². The zero-order chi connectivity index (χ0) is 12.5. The van der Waals surface area contributed by atoms with Gasteiger partial charge in [-0.05, 0) is 34.3 Å². The zero-order valence-corrected chi connectivity index (χ0v) is 12.0. The lowest BCUT2D eigenvalue weighted by Crippen LogP contribution is -2.26. The van der Waals surface area contributed by atoms with Crippen molar-refractivity contribution in [2.24, 2.45) is 5.92 Å². The van der Waals surface area contributed by atoms with Crippen molar-refractivity contribution in [1.82, 2.24) is 4.98 Å². The molecule has 2 heterocycles. The van der Waals surface area contributed by atoms with E-state index < -0.39 is 9.84 Å². The molecule has 0 bridgehead atoms. The monoisotopic (exact) mass is 318 g/mol. The summed E-state index contributed by atoms with van der Waals surface area (Å²) in [7, 11) is -0.816. The molecule has 1 aromatic heterocycles. The first-order valence-corrected chi connectivity index (χ1v) is 8.10. The molecule has 1 aromatic rings. The topological polar surface area (TPSA) is 50.3 Å². The van der Waals surface area contributed by atoms with E-state index in [4.69, 9.17) is 0 Å². The second-order valence-electron chi connectivity index (χ2n) is 4.51. The average molecular weight is 319 g/mol. The van der Waals surface area contributed by atoms with Crippen LogP contribution in [0.25, 0.3) is 0 Å². The average Bonchev–Trinajstić information content (AvgIpc) is 2.58. The first-order chi connectivity index (χ1) is 7.96. The zero-order valence-electron chi connectivity index (χ0n) is 9.63. The van der Waals surface area contributed by atoms with E-state index in [2.05, 4.69) is 25.8 Å². The number of rotatable bonds is 3. The van der Waals surface area contributed by atoms with Gasteiger partial charge in [0.25, 0.3) is 0 Å². The standard InChI is InChI=1S/C11H15BrN2O2S/c1-14(11-4-10(12)5-13-6-11)7-9-2-3-17(15,16)8-9/h4-6,9H,2-3,7-8H2,1H3/t9-/m0/s1. The molecular weight excluding hydrogens is 304 g/mol. The molecule has 0 aromatic carbocycles. The second-order valence-corrected chi connectivity index (χ2v) is 7.66. The van der Waals surface area contributed by atoms with Crippen molar-refractivity contribution in [1.29, 1.82) is 0 Å². The van der Waals surface area contributed by atoms with Gasteiger partial charge in [-0.3, -0.25) is 4.98 Å². The van der Waals surface area contributed by atoms with E-state index in [9.17, 15) is 8.42 Å². The Bertz CT molecular complexity index is 504. The van der Waals surface area contributed by atoms with Gasteiger partial charge in [-0.2, -0.15) is 0 Å². The Labute approximate surface area is 110 Å². The van der Waals surface area contributed by atoms with Crippen LogP contribution in [-0.4, -0.2) is 38.5 Å². The van der Waals surface area contributed by atoms with Gasteiger partial charge in [0.1, 0.15) is 0 Å². The van der Waals surface area contributed by atoms with Crippen LogP contribution in [0.4, 0.5) is 5.69 Å². The smallest absolute Gasteiger partial charge is 0.150 e. The number of aromatic nitrogens is 1. The van der Waals surface area contributed by atoms with Crippen LogP contribution < -0.4 is 4.90 Å². The predicted octanol–water partition coefficient (Wildman–Crippen LogP) is 1.71. The Morgan fingerprint density at radius 3 is 2.88 bits per heavy atom. The summed E-state index contributed by atoms with van der Waals surface area (Å²) in [6.07, 6.45) is 4.29. The van der Waals surface area contributed by atoms with Gasteiger partial charge < -0.3 is 4.90 Å². The van der Waals surface area contributed by atoms with Gasteiger partial charge in [0.15, 0.2) is 9.84 Å². The number of halogens is 1. The number of anilines is 1. The Balaban J connectivity index is 2.00. The second kappa shape index (κ2) is 4.94. The lowest BCUT2D eigenvalue weighted by atomic mass is 10.1. The highest BCUT2D eigenvalue weighted by molar-refractivity contribution is 9.10. The van der Waals surface area contributed by atoms with Crippen LogP contribution in [0, 0.1) is 5.92 Å². The minimum absolute atomic E-state index is 0.240. The predicted molar refractivity (Wildman–Crippen MR) is 72.0 cm³/mol. The third-order valence-corrected chi connectivity index (χ3v) is 5.26. The third-order valence-electron chi connectivity index (χ3n) is 2.99. The van der Waals surface area contributed by atoms with Crippen molar-refractivity contribution in [3.63, 3.8) is 0 Å². The normalized spacial score (nSPS) is 22.6. The van der Waals surface area contributed by atoms with Crippen molar-refractivity contribution in [2.45, 2.75) is 6.42 Å². The summed E-state index contributed by atoms with van der Waals surface area (Å²) in [5.74, 6) is 0.894. The Hall–Kier alpha value is -0.620. The molecule has 1 saturated heterocycles. The molecule has 0 aliphatic carbocycles. The van der Waals surface area contributed by atoms with Crippen LogP contribution in [0.1, 0.15) is 6.42 Å². The molecule has 0 saturated carbocycles. The van der Waals surface area contributed by atoms with E-state index in [0.717, 1.165) is 23.1 Å². The molecule has 94 valence electrons. The third kappa shape index (κ3) is 3.42. The van der Waals surface area contributed by atoms with Gasteiger partial charge in [-0.25, -0.2) is 8.42 Å². The molecule has 0 N–H and O–H groups in total. The lowest BCUT2D eigenvalue weighted by molar-refractivity contribution is 0.581. The fraction of sp³-hybridized carbons (Fsp3) is 0.545. The molecular formula is C11H15BrN2O2S. The number of sulfone groups is 1.